The van der Waals surface area contributed by atoms with Gasteiger partial charge in [0.05, 0.1) is 17.9 Å². The third-order valence-corrected chi connectivity index (χ3v) is 5.58. The van der Waals surface area contributed by atoms with Crippen molar-refractivity contribution in [3.05, 3.63) is 18.2 Å². The fraction of sp³-hybridized carbons (Fsp3) is 0.400. The van der Waals surface area contributed by atoms with E-state index in [9.17, 15) is 8.42 Å². The van der Waals surface area contributed by atoms with Gasteiger partial charge in [-0.1, -0.05) is 6.07 Å². The fourth-order valence-corrected chi connectivity index (χ4v) is 4.52. The minimum atomic E-state index is -3.57. The van der Waals surface area contributed by atoms with Crippen LogP contribution in [0.4, 0.5) is 0 Å². The topological polar surface area (TPSA) is 89.2 Å². The molecule has 1 aromatic carbocycles. The number of hydrogen-bond acceptors (Lipinski definition) is 6. The van der Waals surface area contributed by atoms with Crippen molar-refractivity contribution in [2.75, 3.05) is 6.54 Å². The summed E-state index contributed by atoms with van der Waals surface area (Å²) in [6.07, 6.45) is 1.06. The van der Waals surface area contributed by atoms with Crippen LogP contribution in [-0.2, 0) is 10.0 Å². The molecule has 1 aromatic heterocycles. The lowest BCUT2D eigenvalue weighted by Gasteiger charge is -2.20. The van der Waals surface area contributed by atoms with Crippen LogP contribution in [0.25, 0.3) is 11.0 Å². The van der Waals surface area contributed by atoms with Gasteiger partial charge in [-0.3, -0.25) is 0 Å². The molecule has 6 nitrogen and oxygen atoms in total. The Balaban J connectivity index is 2.16. The second-order valence-corrected chi connectivity index (χ2v) is 6.60. The van der Waals surface area contributed by atoms with Crippen LogP contribution in [0.2, 0.25) is 0 Å². The summed E-state index contributed by atoms with van der Waals surface area (Å²) in [5.74, 6) is 0. The second kappa shape index (κ2) is 4.23. The predicted octanol–water partition coefficient (Wildman–Crippen LogP) is 0.761. The summed E-state index contributed by atoms with van der Waals surface area (Å²) in [7, 11) is -3.57. The van der Waals surface area contributed by atoms with E-state index in [0.29, 0.717) is 24.0 Å². The summed E-state index contributed by atoms with van der Waals surface area (Å²) in [5, 5.41) is 0. The van der Waals surface area contributed by atoms with Gasteiger partial charge in [-0.25, -0.2) is 8.42 Å². The minimum Gasteiger partial charge on any atom is -0.315 e. The molecule has 0 amide bonds. The molecule has 1 fully saturated rings. The molecule has 18 heavy (non-hydrogen) atoms. The Morgan fingerprint density at radius 2 is 2.22 bits per heavy atom. The highest BCUT2D eigenvalue weighted by Crippen LogP contribution is 2.28. The SMILES string of the molecule is NC1CCCN1S(=O)(=O)c1cccc2nsnc12. The van der Waals surface area contributed by atoms with Gasteiger partial charge >= 0.3 is 0 Å². The molecule has 0 spiro atoms. The summed E-state index contributed by atoms with van der Waals surface area (Å²) in [6, 6.07) is 4.99. The molecule has 1 atom stereocenters. The summed E-state index contributed by atoms with van der Waals surface area (Å²) >= 11 is 1.01. The monoisotopic (exact) mass is 284 g/mol. The van der Waals surface area contributed by atoms with Crippen LogP contribution >= 0.6 is 11.7 Å². The van der Waals surface area contributed by atoms with Crippen molar-refractivity contribution in [2.24, 2.45) is 5.73 Å². The van der Waals surface area contributed by atoms with Gasteiger partial charge in [0.15, 0.2) is 0 Å². The number of sulfonamides is 1. The Hall–Kier alpha value is -1.09. The Morgan fingerprint density at radius 3 is 2.94 bits per heavy atom. The van der Waals surface area contributed by atoms with Crippen LogP contribution < -0.4 is 5.73 Å². The quantitative estimate of drug-likeness (QED) is 0.879. The van der Waals surface area contributed by atoms with Crippen molar-refractivity contribution in [3.63, 3.8) is 0 Å². The van der Waals surface area contributed by atoms with Gasteiger partial charge in [-0.15, -0.1) is 0 Å². The van der Waals surface area contributed by atoms with Gasteiger partial charge in [0.2, 0.25) is 10.0 Å². The molecule has 0 bridgehead atoms. The number of rotatable bonds is 2. The number of fused-ring (bicyclic) bond motifs is 1. The molecule has 1 aliphatic heterocycles. The smallest absolute Gasteiger partial charge is 0.246 e. The number of nitrogens with zero attached hydrogens (tertiary/aromatic N) is 3. The first-order valence-corrected chi connectivity index (χ1v) is 7.76. The lowest BCUT2D eigenvalue weighted by molar-refractivity contribution is 0.396. The van der Waals surface area contributed by atoms with Crippen LogP contribution in [0.5, 0.6) is 0 Å². The van der Waals surface area contributed by atoms with E-state index in [0.717, 1.165) is 18.1 Å². The van der Waals surface area contributed by atoms with Crippen LogP contribution in [-0.4, -0.2) is 34.2 Å². The van der Waals surface area contributed by atoms with Gasteiger partial charge in [0.25, 0.3) is 0 Å². The average Bonchev–Trinajstić information content (AvgIpc) is 2.96. The summed E-state index contributed by atoms with van der Waals surface area (Å²) in [4.78, 5) is 0.200. The maximum Gasteiger partial charge on any atom is 0.246 e. The third kappa shape index (κ3) is 1.72. The second-order valence-electron chi connectivity index (χ2n) is 4.21. The highest BCUT2D eigenvalue weighted by Gasteiger charge is 2.34. The fourth-order valence-electron chi connectivity index (χ4n) is 2.18. The average molecular weight is 284 g/mol. The molecule has 0 aliphatic carbocycles. The highest BCUT2D eigenvalue weighted by atomic mass is 32.2. The largest absolute Gasteiger partial charge is 0.315 e. The van der Waals surface area contributed by atoms with Gasteiger partial charge in [-0.2, -0.15) is 13.1 Å². The molecule has 1 unspecified atom stereocenters. The van der Waals surface area contributed by atoms with Crippen molar-refractivity contribution in [2.45, 2.75) is 23.9 Å². The van der Waals surface area contributed by atoms with Crippen molar-refractivity contribution in [3.8, 4) is 0 Å². The lowest BCUT2D eigenvalue weighted by atomic mass is 10.3. The molecule has 8 heteroatoms. The Bertz CT molecular complexity index is 682. The molecule has 0 saturated carbocycles. The van der Waals surface area contributed by atoms with Crippen LogP contribution in [0, 0.1) is 0 Å². The van der Waals surface area contributed by atoms with Crippen molar-refractivity contribution in [1.29, 1.82) is 0 Å². The van der Waals surface area contributed by atoms with E-state index in [4.69, 9.17) is 5.73 Å². The minimum absolute atomic E-state index is 0.200. The molecule has 2 N–H and O–H groups in total. The van der Waals surface area contributed by atoms with E-state index in [-0.39, 0.29) is 4.90 Å². The zero-order valence-corrected chi connectivity index (χ0v) is 11.1. The summed E-state index contributed by atoms with van der Waals surface area (Å²) < 4.78 is 34.5. The first-order chi connectivity index (χ1) is 8.60. The normalized spacial score (nSPS) is 21.7. The molecule has 3 rings (SSSR count). The molecular formula is C10H12N4O2S2. The van der Waals surface area contributed by atoms with E-state index in [2.05, 4.69) is 8.75 Å². The Morgan fingerprint density at radius 1 is 1.39 bits per heavy atom. The summed E-state index contributed by atoms with van der Waals surface area (Å²) in [5.41, 5.74) is 6.87. The van der Waals surface area contributed by atoms with Crippen molar-refractivity contribution in [1.82, 2.24) is 13.1 Å². The van der Waals surface area contributed by atoms with Crippen LogP contribution in [0.15, 0.2) is 23.1 Å². The van der Waals surface area contributed by atoms with E-state index in [1.54, 1.807) is 18.2 Å². The maximum absolute atomic E-state index is 12.5. The molecule has 96 valence electrons. The van der Waals surface area contributed by atoms with Gasteiger partial charge in [0, 0.05) is 6.54 Å². The number of hydrogen-bond donors (Lipinski definition) is 1. The third-order valence-electron chi connectivity index (χ3n) is 3.08. The van der Waals surface area contributed by atoms with Crippen molar-refractivity contribution < 1.29 is 8.42 Å². The summed E-state index contributed by atoms with van der Waals surface area (Å²) in [6.45, 7) is 0.470. The zero-order valence-electron chi connectivity index (χ0n) is 9.48. The van der Waals surface area contributed by atoms with Crippen molar-refractivity contribution >= 4 is 32.8 Å². The van der Waals surface area contributed by atoms with Gasteiger partial charge in [0.1, 0.15) is 15.9 Å². The van der Waals surface area contributed by atoms with Crippen LogP contribution in [0.1, 0.15) is 12.8 Å². The maximum atomic E-state index is 12.5. The predicted molar refractivity (Wildman–Crippen MR) is 68.5 cm³/mol. The van der Waals surface area contributed by atoms with E-state index >= 15 is 0 Å². The lowest BCUT2D eigenvalue weighted by Crippen LogP contribution is -2.40. The standard InChI is InChI=1S/C10H12N4O2S2/c11-9-5-2-6-14(9)18(15,16)8-4-1-3-7-10(8)13-17-12-7/h1,3-4,9H,2,5-6,11H2. The molecule has 0 radical (unpaired) electrons. The molecule has 1 aliphatic rings. The zero-order chi connectivity index (χ0) is 12.8. The molecule has 2 aromatic rings. The van der Waals surface area contributed by atoms with Gasteiger partial charge < -0.3 is 5.73 Å². The van der Waals surface area contributed by atoms with E-state index in [1.807, 2.05) is 0 Å². The van der Waals surface area contributed by atoms with Gasteiger partial charge in [-0.05, 0) is 25.0 Å². The molecular weight excluding hydrogens is 272 g/mol. The van der Waals surface area contributed by atoms with E-state index < -0.39 is 16.2 Å². The highest BCUT2D eigenvalue weighted by molar-refractivity contribution is 7.89. The Kier molecular flexibility index (Phi) is 2.81. The molecule has 1 saturated heterocycles. The Labute approximate surface area is 109 Å². The number of aromatic nitrogens is 2. The first-order valence-electron chi connectivity index (χ1n) is 5.59. The van der Waals surface area contributed by atoms with E-state index in [1.165, 1.54) is 4.31 Å². The molecule has 2 heterocycles. The number of benzene rings is 1. The van der Waals surface area contributed by atoms with Crippen LogP contribution in [0.3, 0.4) is 0 Å². The number of nitrogens with two attached hydrogens (primary N) is 1. The first kappa shape index (κ1) is 12.0.